The van der Waals surface area contributed by atoms with Crippen LogP contribution in [0.4, 0.5) is 0 Å². The maximum Gasteiger partial charge on any atom is 0.0458 e. The van der Waals surface area contributed by atoms with Gasteiger partial charge in [0.25, 0.3) is 0 Å². The zero-order valence-electron chi connectivity index (χ0n) is 9.93. The van der Waals surface area contributed by atoms with E-state index in [1.807, 2.05) is 38.1 Å². The van der Waals surface area contributed by atoms with Gasteiger partial charge in [0.1, 0.15) is 0 Å². The number of hydrogen-bond donors (Lipinski definition) is 0. The van der Waals surface area contributed by atoms with Crippen molar-refractivity contribution >= 4 is 5.97 Å². The SMILES string of the molecule is Cc1ccc(C)n1-c1ccc(CC(=O)[O-])cc1. The number of aromatic nitrogens is 1. The molecular formula is C14H14NO2-. The molecule has 2 rings (SSSR count). The van der Waals surface area contributed by atoms with Crippen LogP contribution in [0, 0.1) is 13.8 Å². The molecule has 2 aromatic rings. The summed E-state index contributed by atoms with van der Waals surface area (Å²) >= 11 is 0. The van der Waals surface area contributed by atoms with Crippen LogP contribution in [0.2, 0.25) is 0 Å². The number of carboxylic acids is 1. The van der Waals surface area contributed by atoms with Gasteiger partial charge in [0, 0.05) is 29.5 Å². The lowest BCUT2D eigenvalue weighted by molar-refractivity contribution is -0.304. The highest BCUT2D eigenvalue weighted by atomic mass is 16.4. The topological polar surface area (TPSA) is 45.1 Å². The molecule has 0 amide bonds. The fourth-order valence-electron chi connectivity index (χ4n) is 2.01. The number of carbonyl (C=O) groups excluding carboxylic acids is 1. The van der Waals surface area contributed by atoms with Crippen molar-refractivity contribution in [1.82, 2.24) is 4.57 Å². The molecule has 3 nitrogen and oxygen atoms in total. The Morgan fingerprint density at radius 3 is 2.06 bits per heavy atom. The summed E-state index contributed by atoms with van der Waals surface area (Å²) in [6, 6.07) is 11.6. The maximum absolute atomic E-state index is 10.5. The Hall–Kier alpha value is -2.03. The van der Waals surface area contributed by atoms with E-state index < -0.39 is 5.97 Å². The first kappa shape index (κ1) is 11.5. The summed E-state index contributed by atoms with van der Waals surface area (Å²) < 4.78 is 2.13. The fraction of sp³-hybridized carbons (Fsp3) is 0.214. The number of hydrogen-bond acceptors (Lipinski definition) is 2. The second kappa shape index (κ2) is 4.45. The molecule has 0 saturated carbocycles. The van der Waals surface area contributed by atoms with Gasteiger partial charge in [0.15, 0.2) is 0 Å². The highest BCUT2D eigenvalue weighted by molar-refractivity contribution is 5.68. The van der Waals surface area contributed by atoms with Crippen LogP contribution in [0.25, 0.3) is 5.69 Å². The van der Waals surface area contributed by atoms with Crippen molar-refractivity contribution in [3.63, 3.8) is 0 Å². The van der Waals surface area contributed by atoms with Gasteiger partial charge < -0.3 is 14.5 Å². The Kier molecular flexibility index (Phi) is 3.00. The molecule has 0 aliphatic heterocycles. The lowest BCUT2D eigenvalue weighted by Crippen LogP contribution is -2.24. The van der Waals surface area contributed by atoms with E-state index in [2.05, 4.69) is 16.7 Å². The highest BCUT2D eigenvalue weighted by Gasteiger charge is 2.03. The van der Waals surface area contributed by atoms with Crippen molar-refractivity contribution in [3.8, 4) is 5.69 Å². The molecule has 88 valence electrons. The fourth-order valence-corrected chi connectivity index (χ4v) is 2.01. The van der Waals surface area contributed by atoms with Crippen molar-refractivity contribution in [2.24, 2.45) is 0 Å². The molecule has 1 aromatic heterocycles. The Balaban J connectivity index is 2.33. The lowest BCUT2D eigenvalue weighted by atomic mass is 10.1. The van der Waals surface area contributed by atoms with Crippen LogP contribution in [0.3, 0.4) is 0 Å². The molecule has 0 aliphatic carbocycles. The maximum atomic E-state index is 10.5. The van der Waals surface area contributed by atoms with Gasteiger partial charge in [-0.05, 0) is 43.7 Å². The lowest BCUT2D eigenvalue weighted by Gasteiger charge is -2.10. The van der Waals surface area contributed by atoms with E-state index in [-0.39, 0.29) is 6.42 Å². The van der Waals surface area contributed by atoms with Gasteiger partial charge in [-0.2, -0.15) is 0 Å². The smallest absolute Gasteiger partial charge is 0.0458 e. The summed E-state index contributed by atoms with van der Waals surface area (Å²) in [6.45, 7) is 4.09. The van der Waals surface area contributed by atoms with Gasteiger partial charge in [-0.15, -0.1) is 0 Å². The first-order valence-electron chi connectivity index (χ1n) is 5.52. The largest absolute Gasteiger partial charge is 0.550 e. The number of carboxylic acid groups (broad SMARTS) is 1. The second-order valence-corrected chi connectivity index (χ2v) is 4.17. The molecule has 1 heterocycles. The molecule has 0 saturated heterocycles. The third-order valence-electron chi connectivity index (χ3n) is 2.81. The third-order valence-corrected chi connectivity index (χ3v) is 2.81. The molecule has 0 N–H and O–H groups in total. The molecular weight excluding hydrogens is 214 g/mol. The molecule has 0 fully saturated rings. The number of aliphatic carboxylic acids is 1. The molecule has 0 unspecified atom stereocenters. The predicted octanol–water partition coefficient (Wildman–Crippen LogP) is 1.39. The summed E-state index contributed by atoms with van der Waals surface area (Å²) in [7, 11) is 0. The van der Waals surface area contributed by atoms with Crippen LogP contribution in [0.1, 0.15) is 17.0 Å². The molecule has 1 aromatic carbocycles. The van der Waals surface area contributed by atoms with Gasteiger partial charge in [0.05, 0.1) is 0 Å². The minimum Gasteiger partial charge on any atom is -0.550 e. The van der Waals surface area contributed by atoms with Crippen LogP contribution in [0.15, 0.2) is 36.4 Å². The van der Waals surface area contributed by atoms with E-state index >= 15 is 0 Å². The average molecular weight is 228 g/mol. The Morgan fingerprint density at radius 1 is 1.06 bits per heavy atom. The number of nitrogens with zero attached hydrogens (tertiary/aromatic N) is 1. The van der Waals surface area contributed by atoms with Crippen molar-refractivity contribution in [2.75, 3.05) is 0 Å². The van der Waals surface area contributed by atoms with Crippen molar-refractivity contribution in [3.05, 3.63) is 53.3 Å². The van der Waals surface area contributed by atoms with Crippen molar-refractivity contribution in [2.45, 2.75) is 20.3 Å². The van der Waals surface area contributed by atoms with Crippen LogP contribution < -0.4 is 5.11 Å². The molecule has 0 aliphatic rings. The van der Waals surface area contributed by atoms with E-state index in [0.717, 1.165) is 22.6 Å². The highest BCUT2D eigenvalue weighted by Crippen LogP contribution is 2.16. The van der Waals surface area contributed by atoms with Gasteiger partial charge in [-0.1, -0.05) is 12.1 Å². The van der Waals surface area contributed by atoms with Gasteiger partial charge >= 0.3 is 0 Å². The predicted molar refractivity (Wildman–Crippen MR) is 64.0 cm³/mol. The summed E-state index contributed by atoms with van der Waals surface area (Å²) in [5, 5.41) is 10.5. The van der Waals surface area contributed by atoms with Crippen LogP contribution in [-0.2, 0) is 11.2 Å². The molecule has 0 spiro atoms. The van der Waals surface area contributed by atoms with Crippen LogP contribution in [0.5, 0.6) is 0 Å². The third kappa shape index (κ3) is 2.38. The zero-order chi connectivity index (χ0) is 12.4. The summed E-state index contributed by atoms with van der Waals surface area (Å²) in [5.41, 5.74) is 4.13. The Labute approximate surface area is 100 Å². The first-order valence-corrected chi connectivity index (χ1v) is 5.52. The van der Waals surface area contributed by atoms with E-state index in [0.29, 0.717) is 0 Å². The summed E-state index contributed by atoms with van der Waals surface area (Å²) in [6.07, 6.45) is -0.0378. The average Bonchev–Trinajstić information content (AvgIpc) is 2.59. The molecule has 0 atom stereocenters. The standard InChI is InChI=1S/C14H15NO2/c1-10-3-4-11(2)15(10)13-7-5-12(6-8-13)9-14(16)17/h3-8H,9H2,1-2H3,(H,16,17)/p-1. The van der Waals surface area contributed by atoms with E-state index in [1.165, 1.54) is 0 Å². The zero-order valence-corrected chi connectivity index (χ0v) is 9.93. The number of carbonyl (C=O) groups is 1. The Bertz CT molecular complexity index is 518. The minimum absolute atomic E-state index is 0.0378. The number of benzene rings is 1. The van der Waals surface area contributed by atoms with Crippen molar-refractivity contribution < 1.29 is 9.90 Å². The number of aryl methyl sites for hydroxylation is 2. The molecule has 0 radical (unpaired) electrons. The molecule has 0 bridgehead atoms. The van der Waals surface area contributed by atoms with Crippen LogP contribution >= 0.6 is 0 Å². The normalized spacial score (nSPS) is 10.5. The van der Waals surface area contributed by atoms with Crippen LogP contribution in [-0.4, -0.2) is 10.5 Å². The first-order chi connectivity index (χ1) is 8.08. The van der Waals surface area contributed by atoms with Crippen molar-refractivity contribution in [1.29, 1.82) is 0 Å². The second-order valence-electron chi connectivity index (χ2n) is 4.17. The van der Waals surface area contributed by atoms with Gasteiger partial charge in [-0.3, -0.25) is 0 Å². The number of rotatable bonds is 3. The van der Waals surface area contributed by atoms with Gasteiger partial charge in [0.2, 0.25) is 0 Å². The molecule has 17 heavy (non-hydrogen) atoms. The minimum atomic E-state index is -1.05. The van der Waals surface area contributed by atoms with E-state index in [1.54, 1.807) is 0 Å². The van der Waals surface area contributed by atoms with Gasteiger partial charge in [-0.25, -0.2) is 0 Å². The Morgan fingerprint density at radius 2 is 1.59 bits per heavy atom. The van der Waals surface area contributed by atoms with E-state index in [9.17, 15) is 9.90 Å². The summed E-state index contributed by atoms with van der Waals surface area (Å²) in [5.74, 6) is -1.05. The van der Waals surface area contributed by atoms with E-state index in [4.69, 9.17) is 0 Å². The quantitative estimate of drug-likeness (QED) is 0.796. The monoisotopic (exact) mass is 228 g/mol. The molecule has 3 heteroatoms. The summed E-state index contributed by atoms with van der Waals surface area (Å²) in [4.78, 5) is 10.5.